The fourth-order valence-electron chi connectivity index (χ4n) is 2.78. The molecule has 148 valence electrons. The van der Waals surface area contributed by atoms with Crippen LogP contribution in [0.3, 0.4) is 0 Å². The Morgan fingerprint density at radius 3 is 2.00 bits per heavy atom. The molecule has 0 spiro atoms. The summed E-state index contributed by atoms with van der Waals surface area (Å²) in [6.07, 6.45) is 17.6. The maximum Gasteiger partial charge on any atom is 0.251 e. The lowest BCUT2D eigenvalue weighted by Crippen LogP contribution is -2.45. The fraction of sp³-hybridized carbons (Fsp3) is 0.850. The largest absolute Gasteiger partial charge is 0.394 e. The van der Waals surface area contributed by atoms with E-state index in [4.69, 9.17) is 5.11 Å². The maximum absolute atomic E-state index is 12.1. The number of halogens is 1. The Labute approximate surface area is 152 Å². The zero-order valence-electron chi connectivity index (χ0n) is 15.9. The second kappa shape index (κ2) is 17.9. The van der Waals surface area contributed by atoms with E-state index in [1.165, 1.54) is 64.2 Å². The van der Waals surface area contributed by atoms with Crippen molar-refractivity contribution in [2.24, 2.45) is 0 Å². The molecular formula is C20H38FNO3. The van der Waals surface area contributed by atoms with Crippen molar-refractivity contribution in [1.82, 2.24) is 5.32 Å². The monoisotopic (exact) mass is 359 g/mol. The van der Waals surface area contributed by atoms with Gasteiger partial charge in [0.05, 0.1) is 18.8 Å². The standard InChI is InChI=1S/C20H38FNO3/c1-2-3-4-5-6-7-8-9-10-11-12-13-14-15-19(24)18(17-23)22-20(25)16-21/h14-15,18-19,23-24H,2-13,16-17H2,1H3,(H,22,25)/b15-14+/t18-,19+/m0/s1. The Balaban J connectivity index is 3.54. The van der Waals surface area contributed by atoms with Crippen LogP contribution in [0.2, 0.25) is 0 Å². The molecular weight excluding hydrogens is 321 g/mol. The number of aliphatic hydroxyl groups is 2. The first-order valence-corrected chi connectivity index (χ1v) is 9.96. The number of alkyl halides is 1. The Morgan fingerprint density at radius 2 is 1.52 bits per heavy atom. The second-order valence-electron chi connectivity index (χ2n) is 6.73. The zero-order chi connectivity index (χ0) is 18.8. The zero-order valence-corrected chi connectivity index (χ0v) is 15.9. The summed E-state index contributed by atoms with van der Waals surface area (Å²) in [7, 11) is 0. The molecule has 0 unspecified atom stereocenters. The van der Waals surface area contributed by atoms with E-state index in [0.717, 1.165) is 12.8 Å². The lowest BCUT2D eigenvalue weighted by molar-refractivity contribution is -0.123. The van der Waals surface area contributed by atoms with Crippen LogP contribution in [-0.4, -0.2) is 41.5 Å². The summed E-state index contributed by atoms with van der Waals surface area (Å²) in [6, 6.07) is -0.850. The minimum atomic E-state index is -1.15. The van der Waals surface area contributed by atoms with Crippen molar-refractivity contribution in [1.29, 1.82) is 0 Å². The van der Waals surface area contributed by atoms with Gasteiger partial charge in [-0.3, -0.25) is 4.79 Å². The van der Waals surface area contributed by atoms with Crippen LogP contribution in [0.1, 0.15) is 84.0 Å². The number of allylic oxidation sites excluding steroid dienone is 1. The quantitative estimate of drug-likeness (QED) is 0.271. The van der Waals surface area contributed by atoms with Crippen LogP contribution in [0.5, 0.6) is 0 Å². The average molecular weight is 360 g/mol. The first-order chi connectivity index (χ1) is 12.2. The average Bonchev–Trinajstić information content (AvgIpc) is 2.63. The molecule has 0 fully saturated rings. The van der Waals surface area contributed by atoms with Crippen LogP contribution in [0.15, 0.2) is 12.2 Å². The van der Waals surface area contributed by atoms with Gasteiger partial charge in [0.2, 0.25) is 0 Å². The van der Waals surface area contributed by atoms with Gasteiger partial charge >= 0.3 is 0 Å². The molecule has 0 rings (SSSR count). The van der Waals surface area contributed by atoms with Gasteiger partial charge in [0.15, 0.2) is 6.67 Å². The van der Waals surface area contributed by atoms with Crippen molar-refractivity contribution in [3.63, 3.8) is 0 Å². The number of unbranched alkanes of at least 4 members (excludes halogenated alkanes) is 11. The molecule has 2 atom stereocenters. The van der Waals surface area contributed by atoms with Gasteiger partial charge in [-0.2, -0.15) is 0 Å². The van der Waals surface area contributed by atoms with Gasteiger partial charge in [-0.1, -0.05) is 83.3 Å². The maximum atomic E-state index is 12.1. The molecule has 25 heavy (non-hydrogen) atoms. The van der Waals surface area contributed by atoms with E-state index in [0.29, 0.717) is 0 Å². The number of hydrogen-bond acceptors (Lipinski definition) is 3. The minimum absolute atomic E-state index is 0.421. The molecule has 0 aliphatic rings. The van der Waals surface area contributed by atoms with Crippen LogP contribution in [0.4, 0.5) is 4.39 Å². The summed E-state index contributed by atoms with van der Waals surface area (Å²) in [6.45, 7) is 0.673. The van der Waals surface area contributed by atoms with Gasteiger partial charge in [0, 0.05) is 0 Å². The van der Waals surface area contributed by atoms with E-state index in [2.05, 4.69) is 12.2 Å². The summed E-state index contributed by atoms with van der Waals surface area (Å²) in [5.74, 6) is -0.822. The van der Waals surface area contributed by atoms with Crippen LogP contribution in [0, 0.1) is 0 Å². The van der Waals surface area contributed by atoms with Crippen molar-refractivity contribution in [3.8, 4) is 0 Å². The lowest BCUT2D eigenvalue weighted by atomic mass is 10.0. The highest BCUT2D eigenvalue weighted by molar-refractivity contribution is 5.77. The Kier molecular flexibility index (Phi) is 17.2. The molecule has 0 bridgehead atoms. The number of rotatable bonds is 17. The van der Waals surface area contributed by atoms with Crippen LogP contribution in [0.25, 0.3) is 0 Å². The third-order valence-corrected chi connectivity index (χ3v) is 4.38. The molecule has 1 amide bonds. The molecule has 4 nitrogen and oxygen atoms in total. The van der Waals surface area contributed by atoms with E-state index in [-0.39, 0.29) is 0 Å². The Hall–Kier alpha value is -0.940. The number of aliphatic hydroxyl groups excluding tert-OH is 2. The van der Waals surface area contributed by atoms with Crippen LogP contribution in [-0.2, 0) is 4.79 Å². The van der Waals surface area contributed by atoms with Crippen molar-refractivity contribution in [3.05, 3.63) is 12.2 Å². The molecule has 3 N–H and O–H groups in total. The predicted molar refractivity (Wildman–Crippen MR) is 101 cm³/mol. The summed E-state index contributed by atoms with van der Waals surface area (Å²) >= 11 is 0. The van der Waals surface area contributed by atoms with E-state index < -0.39 is 31.3 Å². The van der Waals surface area contributed by atoms with Gasteiger partial charge in [-0.25, -0.2) is 4.39 Å². The molecule has 0 aromatic rings. The van der Waals surface area contributed by atoms with Gasteiger partial charge in [-0.15, -0.1) is 0 Å². The number of nitrogens with one attached hydrogen (secondary N) is 1. The lowest BCUT2D eigenvalue weighted by Gasteiger charge is -2.18. The van der Waals surface area contributed by atoms with E-state index in [1.807, 2.05) is 6.08 Å². The van der Waals surface area contributed by atoms with Gasteiger partial charge < -0.3 is 15.5 Å². The first-order valence-electron chi connectivity index (χ1n) is 9.96. The smallest absolute Gasteiger partial charge is 0.251 e. The first kappa shape index (κ1) is 24.1. The third kappa shape index (κ3) is 15.1. The van der Waals surface area contributed by atoms with E-state index in [9.17, 15) is 14.3 Å². The van der Waals surface area contributed by atoms with Gasteiger partial charge in [0.1, 0.15) is 0 Å². The van der Waals surface area contributed by atoms with Crippen molar-refractivity contribution >= 4 is 5.91 Å². The van der Waals surface area contributed by atoms with Crippen LogP contribution >= 0.6 is 0 Å². The highest BCUT2D eigenvalue weighted by Gasteiger charge is 2.17. The summed E-state index contributed by atoms with van der Waals surface area (Å²) in [4.78, 5) is 10.9. The van der Waals surface area contributed by atoms with E-state index in [1.54, 1.807) is 6.08 Å². The van der Waals surface area contributed by atoms with Crippen LogP contribution < -0.4 is 5.32 Å². The molecule has 0 radical (unpaired) electrons. The van der Waals surface area contributed by atoms with Crippen molar-refractivity contribution in [2.75, 3.05) is 13.3 Å². The topological polar surface area (TPSA) is 69.6 Å². The minimum Gasteiger partial charge on any atom is -0.394 e. The Morgan fingerprint density at radius 1 is 1.00 bits per heavy atom. The van der Waals surface area contributed by atoms with E-state index >= 15 is 0 Å². The highest BCUT2D eigenvalue weighted by Crippen LogP contribution is 2.12. The van der Waals surface area contributed by atoms with Crippen molar-refractivity contribution < 1.29 is 19.4 Å². The van der Waals surface area contributed by atoms with Gasteiger partial charge in [0.25, 0.3) is 5.91 Å². The molecule has 0 saturated carbocycles. The summed E-state index contributed by atoms with van der Waals surface area (Å²) in [5.41, 5.74) is 0. The second-order valence-corrected chi connectivity index (χ2v) is 6.73. The summed E-state index contributed by atoms with van der Waals surface area (Å²) < 4.78 is 12.1. The Bertz CT molecular complexity index is 337. The molecule has 0 saturated heterocycles. The third-order valence-electron chi connectivity index (χ3n) is 4.38. The molecule has 0 aromatic carbocycles. The molecule has 5 heteroatoms. The SMILES string of the molecule is CCCCCCCCCCCCC/C=C/[C@@H](O)[C@H](CO)NC(=O)CF. The number of hydrogen-bond donors (Lipinski definition) is 3. The molecule has 0 heterocycles. The van der Waals surface area contributed by atoms with Gasteiger partial charge in [-0.05, 0) is 12.8 Å². The number of carbonyl (C=O) groups excluding carboxylic acids is 1. The predicted octanol–water partition coefficient (Wildman–Crippen LogP) is 4.05. The fourth-order valence-corrected chi connectivity index (χ4v) is 2.78. The molecule has 0 aliphatic heterocycles. The molecule has 0 aromatic heterocycles. The normalized spacial score (nSPS) is 13.9. The number of carbonyl (C=O) groups is 1. The molecule has 0 aliphatic carbocycles. The highest BCUT2D eigenvalue weighted by atomic mass is 19.1. The summed E-state index contributed by atoms with van der Waals surface area (Å²) in [5, 5.41) is 21.2. The van der Waals surface area contributed by atoms with Crippen molar-refractivity contribution in [2.45, 2.75) is 96.1 Å². The number of amides is 1.